The number of phenolic OH excluding ortho intramolecular Hbond substituents is 2. The predicted octanol–water partition coefficient (Wildman–Crippen LogP) is -0.223. The summed E-state index contributed by atoms with van der Waals surface area (Å²) >= 11 is 0. The van der Waals surface area contributed by atoms with Crippen molar-refractivity contribution >= 4 is 35.1 Å². The van der Waals surface area contributed by atoms with Gasteiger partial charge < -0.3 is 53.8 Å². The highest BCUT2D eigenvalue weighted by Gasteiger charge is 2.55. The molecule has 2 aromatic carbocycles. The van der Waals surface area contributed by atoms with Crippen molar-refractivity contribution in [3.05, 3.63) is 63.7 Å². The smallest absolute Gasteiger partial charge is 0.253 e. The summed E-state index contributed by atoms with van der Waals surface area (Å²) in [4.78, 5) is 81.0. The van der Waals surface area contributed by atoms with Crippen molar-refractivity contribution in [3.63, 3.8) is 0 Å². The number of imide groups is 1. The number of ether oxygens (including phenoxy) is 7. The van der Waals surface area contributed by atoms with Crippen LogP contribution in [0.1, 0.15) is 68.8 Å². The van der Waals surface area contributed by atoms with Crippen LogP contribution in [0.15, 0.2) is 30.4 Å². The maximum absolute atomic E-state index is 14.1. The number of nitrogens with zero attached hydrogens (tertiary/aromatic N) is 2. The molecule has 3 saturated heterocycles. The number of carbonyl (C=O) groups excluding carboxylic acids is 6. The van der Waals surface area contributed by atoms with Gasteiger partial charge in [0, 0.05) is 80.9 Å². The quantitative estimate of drug-likeness (QED) is 0.136. The highest BCUT2D eigenvalue weighted by Crippen LogP contribution is 2.53. The number of hydrogen-bond acceptors (Lipinski definition) is 17. The van der Waals surface area contributed by atoms with Crippen LogP contribution in [0, 0.1) is 0 Å². The fourth-order valence-corrected chi connectivity index (χ4v) is 8.92. The Balaban J connectivity index is 1.07. The molecule has 0 unspecified atom stereocenters. The maximum atomic E-state index is 14.1. The third-order valence-electron chi connectivity index (χ3n) is 11.7. The zero-order valence-electron chi connectivity index (χ0n) is 32.3. The first-order valence-electron chi connectivity index (χ1n) is 19.1. The lowest BCUT2D eigenvalue weighted by Gasteiger charge is -2.43. The molecule has 314 valence electrons. The van der Waals surface area contributed by atoms with Gasteiger partial charge in [0.1, 0.15) is 42.2 Å². The van der Waals surface area contributed by atoms with Gasteiger partial charge in [0.2, 0.25) is 11.7 Å². The zero-order valence-corrected chi connectivity index (χ0v) is 32.3. The largest absolute Gasteiger partial charge is 0.507 e. The number of benzene rings is 2. The Bertz CT molecular complexity index is 2140. The predicted molar refractivity (Wildman–Crippen MR) is 196 cm³/mol. The fraction of sp³-hybridized carbons (Fsp3) is 0.500. The van der Waals surface area contributed by atoms with Crippen LogP contribution in [0.25, 0.3) is 0 Å². The van der Waals surface area contributed by atoms with Crippen molar-refractivity contribution in [1.82, 2.24) is 15.1 Å². The Hall–Kier alpha value is -5.12. The summed E-state index contributed by atoms with van der Waals surface area (Å²) in [6, 6.07) is 4.13. The SMILES string of the molecule is COc1cccc2c1C(=O)c1c(O)c3c(c(O)c1C2=O)C[C@@](O)(C(=O)COCC(=O)NCCN1C(=O)C=CC1=O)C[C@@H]3O[C@H]1C[C@H]2[C@H](O[C@@H]3[C@@H](OC)OCCN32)[C@H](C)O1. The number of Topliss-reactive ketones (excluding diaryl/α,β-unsaturated/α-hetero) is 1. The molecule has 6 aliphatic rings. The number of amides is 3. The minimum atomic E-state index is -2.35. The van der Waals surface area contributed by atoms with Gasteiger partial charge in [-0.3, -0.25) is 38.6 Å². The van der Waals surface area contributed by atoms with Crippen LogP contribution in [0.4, 0.5) is 0 Å². The third-order valence-corrected chi connectivity index (χ3v) is 11.7. The maximum Gasteiger partial charge on any atom is 0.253 e. The summed E-state index contributed by atoms with van der Waals surface area (Å²) in [6.45, 7) is 1.15. The van der Waals surface area contributed by atoms with E-state index in [1.807, 2.05) is 0 Å². The number of rotatable bonds is 12. The highest BCUT2D eigenvalue weighted by molar-refractivity contribution is 6.31. The highest BCUT2D eigenvalue weighted by atomic mass is 16.7. The average molecular weight is 822 g/mol. The Morgan fingerprint density at radius 1 is 0.983 bits per heavy atom. The molecule has 19 heteroatoms. The van der Waals surface area contributed by atoms with Crippen molar-refractivity contribution in [2.45, 2.75) is 74.9 Å². The molecule has 4 N–H and O–H groups in total. The molecule has 2 aliphatic carbocycles. The normalized spacial score (nSPS) is 29.8. The topological polar surface area (TPSA) is 246 Å². The van der Waals surface area contributed by atoms with E-state index < -0.39 is 126 Å². The molecule has 4 heterocycles. The molecular weight excluding hydrogens is 778 g/mol. The van der Waals surface area contributed by atoms with E-state index in [1.165, 1.54) is 32.4 Å². The van der Waals surface area contributed by atoms with Crippen LogP contribution in [0.3, 0.4) is 0 Å². The molecular formula is C40H43N3O16. The van der Waals surface area contributed by atoms with Gasteiger partial charge in [-0.25, -0.2) is 0 Å². The Labute approximate surface area is 336 Å². The van der Waals surface area contributed by atoms with E-state index in [9.17, 15) is 44.1 Å². The molecule has 2 aromatic rings. The summed E-state index contributed by atoms with van der Waals surface area (Å²) < 4.78 is 41.1. The lowest BCUT2D eigenvalue weighted by atomic mass is 9.72. The van der Waals surface area contributed by atoms with Gasteiger partial charge in [0.15, 0.2) is 30.4 Å². The number of phenols is 2. The second-order valence-corrected chi connectivity index (χ2v) is 15.1. The van der Waals surface area contributed by atoms with Crippen LogP contribution in [-0.4, -0.2) is 157 Å². The summed E-state index contributed by atoms with van der Waals surface area (Å²) in [7, 11) is 2.84. The molecule has 0 aromatic heterocycles. The lowest BCUT2D eigenvalue weighted by Crippen LogP contribution is -2.55. The molecule has 4 aliphatic heterocycles. The van der Waals surface area contributed by atoms with Gasteiger partial charge >= 0.3 is 0 Å². The van der Waals surface area contributed by atoms with E-state index in [2.05, 4.69) is 10.2 Å². The number of aliphatic hydroxyl groups is 1. The van der Waals surface area contributed by atoms with E-state index in [4.69, 9.17) is 33.2 Å². The van der Waals surface area contributed by atoms with Crippen LogP contribution in [-0.2, 0) is 54.0 Å². The Kier molecular flexibility index (Phi) is 10.9. The van der Waals surface area contributed by atoms with Crippen molar-refractivity contribution in [3.8, 4) is 17.2 Å². The van der Waals surface area contributed by atoms with Crippen molar-refractivity contribution in [2.24, 2.45) is 0 Å². The van der Waals surface area contributed by atoms with Crippen molar-refractivity contribution in [2.75, 3.05) is 53.7 Å². The standard InChI is InChI=1S/C40H43N3O16/c1-18-37-21(42-11-12-56-39(54-3)38(42)59-37)13-28(57-18)58-23-15-40(52,24(44)16-55-17-25(45)41-9-10-43-26(46)7-8-27(43)47)14-20-30(23)36(51)32-31(34(20)49)33(48)19-5-4-6-22(53-2)29(19)35(32)50/h4-8,18,21,23,28,37-39,49,51-52H,9-17H2,1-3H3,(H,41,45)/t18-,21-,23-,28-,37+,38+,39-,40-/m0/s1. The van der Waals surface area contributed by atoms with Gasteiger partial charge in [0.25, 0.3) is 11.8 Å². The minimum absolute atomic E-state index is 0.0741. The average Bonchev–Trinajstić information content (AvgIpc) is 3.76. The first-order valence-corrected chi connectivity index (χ1v) is 19.1. The molecule has 8 atom stereocenters. The van der Waals surface area contributed by atoms with E-state index in [0.717, 1.165) is 17.1 Å². The van der Waals surface area contributed by atoms with Gasteiger partial charge in [-0.1, -0.05) is 12.1 Å². The summed E-state index contributed by atoms with van der Waals surface area (Å²) in [6.07, 6.45) is -3.18. The van der Waals surface area contributed by atoms with Gasteiger partial charge in [-0.2, -0.15) is 0 Å². The van der Waals surface area contributed by atoms with Crippen LogP contribution in [0.5, 0.6) is 17.2 Å². The molecule has 19 nitrogen and oxygen atoms in total. The number of aromatic hydroxyl groups is 2. The first kappa shape index (κ1) is 40.7. The van der Waals surface area contributed by atoms with Crippen LogP contribution in [0.2, 0.25) is 0 Å². The molecule has 0 radical (unpaired) electrons. The van der Waals surface area contributed by atoms with Crippen LogP contribution < -0.4 is 10.1 Å². The molecule has 59 heavy (non-hydrogen) atoms. The summed E-state index contributed by atoms with van der Waals surface area (Å²) in [5.41, 5.74) is -3.86. The number of ketones is 3. The zero-order chi connectivity index (χ0) is 41.9. The molecule has 8 rings (SSSR count). The second kappa shape index (κ2) is 15.8. The summed E-state index contributed by atoms with van der Waals surface area (Å²) in [5.74, 6) is -5.52. The minimum Gasteiger partial charge on any atom is -0.507 e. The monoisotopic (exact) mass is 821 g/mol. The van der Waals surface area contributed by atoms with E-state index in [-0.39, 0.29) is 53.6 Å². The third kappa shape index (κ3) is 7.00. The van der Waals surface area contributed by atoms with Crippen LogP contribution >= 0.6 is 0 Å². The number of methoxy groups -OCH3 is 2. The Morgan fingerprint density at radius 3 is 2.46 bits per heavy atom. The number of carbonyl (C=O) groups is 6. The molecule has 0 bridgehead atoms. The van der Waals surface area contributed by atoms with Gasteiger partial charge in [-0.15, -0.1) is 0 Å². The van der Waals surface area contributed by atoms with Gasteiger partial charge in [-0.05, 0) is 13.0 Å². The molecule has 3 amide bonds. The first-order chi connectivity index (χ1) is 28.3. The van der Waals surface area contributed by atoms with E-state index in [0.29, 0.717) is 13.2 Å². The number of morpholine rings is 1. The van der Waals surface area contributed by atoms with Crippen molar-refractivity contribution < 1.29 is 77.2 Å². The van der Waals surface area contributed by atoms with Gasteiger partial charge in [0.05, 0.1) is 42.6 Å². The van der Waals surface area contributed by atoms with E-state index in [1.54, 1.807) is 6.92 Å². The number of hydrogen-bond donors (Lipinski definition) is 4. The molecule has 0 spiro atoms. The molecule has 0 saturated carbocycles. The fourth-order valence-electron chi connectivity index (χ4n) is 8.92. The Morgan fingerprint density at radius 2 is 1.73 bits per heavy atom. The number of nitrogens with one attached hydrogen (secondary N) is 1. The van der Waals surface area contributed by atoms with Crippen molar-refractivity contribution in [1.29, 1.82) is 0 Å². The summed E-state index contributed by atoms with van der Waals surface area (Å²) in [5, 5.41) is 38.4. The van der Waals surface area contributed by atoms with E-state index >= 15 is 0 Å². The molecule has 3 fully saturated rings. The lowest BCUT2D eigenvalue weighted by molar-refractivity contribution is -0.256. The number of fused-ring (bicyclic) bond motifs is 6. The second-order valence-electron chi connectivity index (χ2n) is 15.1.